The minimum absolute atomic E-state index is 0.115. The van der Waals surface area contributed by atoms with E-state index < -0.39 is 41.4 Å². The van der Waals surface area contributed by atoms with Crippen molar-refractivity contribution in [2.45, 2.75) is 94.8 Å². The minimum Gasteiger partial charge on any atom is -0.394 e. The molecule has 0 aromatic rings. The molecule has 0 aromatic heterocycles. The maximum atomic E-state index is 11.5. The highest BCUT2D eigenvalue weighted by Gasteiger charge is 2.66. The number of hydrogen-bond donors (Lipinski definition) is 6. The fourth-order valence-electron chi connectivity index (χ4n) is 5.62. The Bertz CT molecular complexity index is 526. The second-order valence-corrected chi connectivity index (χ2v) is 10.3. The Kier molecular flexibility index (Phi) is 5.50. The highest BCUT2D eigenvalue weighted by atomic mass is 32.1. The molecule has 6 nitrogen and oxygen atoms in total. The van der Waals surface area contributed by atoms with Crippen LogP contribution >= 0.6 is 12.6 Å². The second-order valence-electron chi connectivity index (χ2n) is 9.86. The Morgan fingerprint density at radius 3 is 2.27 bits per heavy atom. The van der Waals surface area contributed by atoms with Crippen LogP contribution in [-0.4, -0.2) is 68.5 Å². The summed E-state index contributed by atoms with van der Waals surface area (Å²) in [4.78, 5) is 0. The molecule has 1 saturated heterocycles. The van der Waals surface area contributed by atoms with Crippen molar-refractivity contribution < 1.29 is 25.2 Å². The van der Waals surface area contributed by atoms with Crippen LogP contribution in [0.5, 0.6) is 0 Å². The lowest BCUT2D eigenvalue weighted by Crippen LogP contribution is -2.71. The molecule has 2 aliphatic carbocycles. The van der Waals surface area contributed by atoms with E-state index >= 15 is 0 Å². The van der Waals surface area contributed by atoms with Crippen LogP contribution in [0.25, 0.3) is 0 Å². The first-order chi connectivity index (χ1) is 11.9. The van der Waals surface area contributed by atoms with E-state index in [0.29, 0.717) is 17.9 Å². The molecule has 3 rings (SSSR count). The third-order valence-corrected chi connectivity index (χ3v) is 7.91. The number of rotatable bonds is 4. The summed E-state index contributed by atoms with van der Waals surface area (Å²) in [6.45, 7) is 8.14. The summed E-state index contributed by atoms with van der Waals surface area (Å²) in [6.07, 6.45) is 0.145. The molecule has 3 aliphatic rings. The fourth-order valence-corrected chi connectivity index (χ4v) is 6.23. The van der Waals surface area contributed by atoms with Gasteiger partial charge in [-0.2, -0.15) is 0 Å². The normalized spacial score (nSPS) is 52.0. The van der Waals surface area contributed by atoms with Gasteiger partial charge in [0.15, 0.2) is 0 Å². The molecule has 0 radical (unpaired) electrons. The lowest BCUT2D eigenvalue weighted by molar-refractivity contribution is -0.290. The first-order valence-electron chi connectivity index (χ1n) is 9.73. The summed E-state index contributed by atoms with van der Waals surface area (Å²) in [5.74, 6) is 0.115. The third-order valence-electron chi connectivity index (χ3n) is 7.40. The first-order valence-corrected chi connectivity index (χ1v) is 10.2. The number of hydrogen-bond acceptors (Lipinski definition) is 7. The van der Waals surface area contributed by atoms with E-state index in [4.69, 9.17) is 4.74 Å². The summed E-state index contributed by atoms with van der Waals surface area (Å²) in [5, 5.41) is 45.6. The Labute approximate surface area is 161 Å². The predicted octanol–water partition coefficient (Wildman–Crippen LogP) is 0.669. The summed E-state index contributed by atoms with van der Waals surface area (Å²) in [5.41, 5.74) is -2.95. The van der Waals surface area contributed by atoms with Gasteiger partial charge in [-0.15, -0.1) is 12.6 Å². The Morgan fingerprint density at radius 1 is 1.12 bits per heavy atom. The number of thiol groups is 1. The number of aliphatic hydroxyl groups excluding tert-OH is 3. The lowest BCUT2D eigenvalue weighted by atomic mass is 9.62. The molecule has 7 heteroatoms. The zero-order valence-electron chi connectivity index (χ0n) is 16.2. The molecule has 5 N–H and O–H groups in total. The van der Waals surface area contributed by atoms with Crippen molar-refractivity contribution in [3.8, 4) is 0 Å². The molecule has 0 amide bonds. The van der Waals surface area contributed by atoms with Gasteiger partial charge >= 0.3 is 0 Å². The lowest BCUT2D eigenvalue weighted by Gasteiger charge is -2.55. The minimum atomic E-state index is -1.70. The molecule has 0 aromatic carbocycles. The zero-order valence-corrected chi connectivity index (χ0v) is 17.1. The van der Waals surface area contributed by atoms with Gasteiger partial charge in [0.2, 0.25) is 0 Å². The van der Waals surface area contributed by atoms with E-state index in [1.54, 1.807) is 0 Å². The molecule has 1 heterocycles. The van der Waals surface area contributed by atoms with Gasteiger partial charge in [-0.25, -0.2) is 0 Å². The Hall–Kier alpha value is 0.110. The molecule has 8 atom stereocenters. The smallest absolute Gasteiger partial charge is 0.134 e. The quantitative estimate of drug-likeness (QED) is 0.395. The highest BCUT2D eigenvalue weighted by Crippen LogP contribution is 2.56. The topological polar surface area (TPSA) is 102 Å². The standard InChI is InChI=1S/C19H35NO5S/c1-10-5-11(20-12-6-17(2,3)7-12)8-18(10,4)19(24)15(23)14(22)13(9-21)25-16(19)26/h10-16,20-24,26H,5-9H2,1-4H3/t10?,11?,13-,14+,15+,16+,18?,19-/m1/s1. The fraction of sp³-hybridized carbons (Fsp3) is 1.00. The average Bonchev–Trinajstić information content (AvgIpc) is 2.82. The summed E-state index contributed by atoms with van der Waals surface area (Å²) in [6, 6.07) is 0.753. The van der Waals surface area contributed by atoms with Crippen LogP contribution in [0.1, 0.15) is 53.4 Å². The van der Waals surface area contributed by atoms with Crippen LogP contribution in [0.15, 0.2) is 0 Å². The number of aliphatic hydroxyl groups is 4. The highest BCUT2D eigenvalue weighted by molar-refractivity contribution is 7.80. The van der Waals surface area contributed by atoms with Crippen LogP contribution in [-0.2, 0) is 4.74 Å². The Morgan fingerprint density at radius 2 is 1.73 bits per heavy atom. The van der Waals surface area contributed by atoms with Gasteiger partial charge in [0.25, 0.3) is 0 Å². The van der Waals surface area contributed by atoms with Gasteiger partial charge in [-0.3, -0.25) is 0 Å². The molecular weight excluding hydrogens is 354 g/mol. The van der Waals surface area contributed by atoms with Gasteiger partial charge in [-0.05, 0) is 37.0 Å². The van der Waals surface area contributed by atoms with E-state index in [1.807, 2.05) is 6.92 Å². The molecule has 0 bridgehead atoms. The maximum absolute atomic E-state index is 11.5. The molecule has 3 unspecified atom stereocenters. The molecule has 0 spiro atoms. The first kappa shape index (κ1) is 20.8. The molecule has 152 valence electrons. The third kappa shape index (κ3) is 3.13. The van der Waals surface area contributed by atoms with Crippen molar-refractivity contribution in [2.24, 2.45) is 16.7 Å². The van der Waals surface area contributed by atoms with Crippen molar-refractivity contribution in [1.29, 1.82) is 0 Å². The van der Waals surface area contributed by atoms with Crippen LogP contribution < -0.4 is 5.32 Å². The summed E-state index contributed by atoms with van der Waals surface area (Å²) < 4.78 is 5.57. The monoisotopic (exact) mass is 389 g/mol. The Balaban J connectivity index is 1.76. The SMILES string of the molecule is CC1CC(NC2CC(C)(C)C2)CC1(C)[C@]1(O)[C@H](S)O[C@H](CO)[C@H](O)[C@@H]1O. The number of nitrogens with one attached hydrogen (secondary N) is 1. The average molecular weight is 390 g/mol. The maximum Gasteiger partial charge on any atom is 0.134 e. The molecular formula is C19H35NO5S. The summed E-state index contributed by atoms with van der Waals surface area (Å²) >= 11 is 4.40. The predicted molar refractivity (Wildman–Crippen MR) is 102 cm³/mol. The van der Waals surface area contributed by atoms with Crippen LogP contribution in [0.4, 0.5) is 0 Å². The van der Waals surface area contributed by atoms with Gasteiger partial charge in [-0.1, -0.05) is 27.7 Å². The summed E-state index contributed by atoms with van der Waals surface area (Å²) in [7, 11) is 0. The molecule has 2 saturated carbocycles. The van der Waals surface area contributed by atoms with Crippen molar-refractivity contribution in [3.63, 3.8) is 0 Å². The molecule has 3 fully saturated rings. The molecule has 26 heavy (non-hydrogen) atoms. The van der Waals surface area contributed by atoms with Crippen LogP contribution in [0.2, 0.25) is 0 Å². The van der Waals surface area contributed by atoms with E-state index in [2.05, 4.69) is 38.7 Å². The van der Waals surface area contributed by atoms with Crippen molar-refractivity contribution in [2.75, 3.05) is 6.61 Å². The van der Waals surface area contributed by atoms with E-state index in [1.165, 1.54) is 0 Å². The second kappa shape index (κ2) is 6.87. The van der Waals surface area contributed by atoms with E-state index in [0.717, 1.165) is 19.3 Å². The largest absolute Gasteiger partial charge is 0.394 e. The van der Waals surface area contributed by atoms with E-state index in [-0.39, 0.29) is 12.0 Å². The van der Waals surface area contributed by atoms with Gasteiger partial charge in [0.05, 0.1) is 6.61 Å². The van der Waals surface area contributed by atoms with Crippen LogP contribution in [0.3, 0.4) is 0 Å². The van der Waals surface area contributed by atoms with Crippen molar-refractivity contribution >= 4 is 12.6 Å². The molecule has 1 aliphatic heterocycles. The number of ether oxygens (including phenoxy) is 1. The van der Waals surface area contributed by atoms with E-state index in [9.17, 15) is 20.4 Å². The zero-order chi connectivity index (χ0) is 19.5. The van der Waals surface area contributed by atoms with Gasteiger partial charge in [0, 0.05) is 17.5 Å². The van der Waals surface area contributed by atoms with Crippen molar-refractivity contribution in [3.05, 3.63) is 0 Å². The van der Waals surface area contributed by atoms with Gasteiger partial charge < -0.3 is 30.5 Å². The van der Waals surface area contributed by atoms with Gasteiger partial charge in [0.1, 0.15) is 29.3 Å². The van der Waals surface area contributed by atoms with Crippen LogP contribution in [0, 0.1) is 16.7 Å². The van der Waals surface area contributed by atoms with Crippen molar-refractivity contribution in [1.82, 2.24) is 5.32 Å².